The summed E-state index contributed by atoms with van der Waals surface area (Å²) in [7, 11) is 0. The van der Waals surface area contributed by atoms with E-state index in [-0.39, 0.29) is 17.9 Å². The molecule has 106 valence electrons. The van der Waals surface area contributed by atoms with E-state index in [0.29, 0.717) is 6.04 Å². The highest BCUT2D eigenvalue weighted by Gasteiger charge is 2.22. The molecule has 0 spiro atoms. The summed E-state index contributed by atoms with van der Waals surface area (Å²) in [4.78, 5) is 14.3. The fourth-order valence-electron chi connectivity index (χ4n) is 2.25. The molecule has 4 heteroatoms. The summed E-state index contributed by atoms with van der Waals surface area (Å²) in [5.74, 6) is 0.807. The summed E-state index contributed by atoms with van der Waals surface area (Å²) in [6.45, 7) is 11.3. The van der Waals surface area contributed by atoms with Crippen LogP contribution in [0.1, 0.15) is 40.5 Å². The van der Waals surface area contributed by atoms with Gasteiger partial charge in [0.25, 0.3) is 0 Å². The molecule has 0 radical (unpaired) electrons. The number of nitrogens with zero attached hydrogens (tertiary/aromatic N) is 1. The first kappa shape index (κ1) is 15.4. The zero-order valence-electron chi connectivity index (χ0n) is 12.3. The van der Waals surface area contributed by atoms with Gasteiger partial charge in [-0.15, -0.1) is 0 Å². The van der Waals surface area contributed by atoms with Crippen LogP contribution in [0.15, 0.2) is 0 Å². The molecule has 3 atom stereocenters. The number of piperidine rings is 1. The molecule has 1 aliphatic heterocycles. The summed E-state index contributed by atoms with van der Waals surface area (Å²) >= 11 is 0. The zero-order valence-corrected chi connectivity index (χ0v) is 12.3. The lowest BCUT2D eigenvalue weighted by Gasteiger charge is -2.35. The highest BCUT2D eigenvalue weighted by Crippen LogP contribution is 2.17. The molecular weight excluding hydrogens is 226 g/mol. The van der Waals surface area contributed by atoms with Crippen molar-refractivity contribution < 1.29 is 4.79 Å². The third kappa shape index (κ3) is 4.58. The molecule has 0 aromatic rings. The number of hydrogen-bond acceptors (Lipinski definition) is 3. The monoisotopic (exact) mass is 255 g/mol. The van der Waals surface area contributed by atoms with E-state index in [1.54, 1.807) is 0 Å². The van der Waals surface area contributed by atoms with E-state index in [1.807, 2.05) is 13.8 Å². The maximum atomic E-state index is 11.8. The maximum absolute atomic E-state index is 11.8. The van der Waals surface area contributed by atoms with Gasteiger partial charge < -0.3 is 11.1 Å². The Kier molecular flexibility index (Phi) is 6.09. The third-order valence-corrected chi connectivity index (χ3v) is 4.22. The van der Waals surface area contributed by atoms with Crippen LogP contribution in [0.5, 0.6) is 0 Å². The summed E-state index contributed by atoms with van der Waals surface area (Å²) < 4.78 is 0. The minimum Gasteiger partial charge on any atom is -0.354 e. The van der Waals surface area contributed by atoms with Crippen LogP contribution in [0.4, 0.5) is 0 Å². The van der Waals surface area contributed by atoms with Gasteiger partial charge in [0.2, 0.25) is 5.91 Å². The van der Waals surface area contributed by atoms with Gasteiger partial charge in [-0.2, -0.15) is 0 Å². The summed E-state index contributed by atoms with van der Waals surface area (Å²) in [6.07, 6.45) is 2.54. The molecule has 0 bridgehead atoms. The van der Waals surface area contributed by atoms with E-state index < -0.39 is 0 Å². The highest BCUT2D eigenvalue weighted by atomic mass is 16.1. The van der Waals surface area contributed by atoms with Crippen LogP contribution in [0.3, 0.4) is 0 Å². The number of carbonyl (C=O) groups is 1. The van der Waals surface area contributed by atoms with E-state index in [9.17, 15) is 4.79 Å². The molecule has 3 N–H and O–H groups in total. The average Bonchev–Trinajstić information content (AvgIpc) is 2.35. The predicted molar refractivity (Wildman–Crippen MR) is 75.3 cm³/mol. The molecule has 1 amide bonds. The Morgan fingerprint density at radius 3 is 2.39 bits per heavy atom. The van der Waals surface area contributed by atoms with Crippen molar-refractivity contribution in [1.82, 2.24) is 10.2 Å². The number of amides is 1. The van der Waals surface area contributed by atoms with Gasteiger partial charge in [0, 0.05) is 24.5 Å². The number of nitrogens with one attached hydrogen (secondary N) is 1. The van der Waals surface area contributed by atoms with Crippen molar-refractivity contribution in [3.05, 3.63) is 0 Å². The van der Waals surface area contributed by atoms with E-state index in [2.05, 4.69) is 24.1 Å². The van der Waals surface area contributed by atoms with Crippen molar-refractivity contribution in [2.24, 2.45) is 17.6 Å². The van der Waals surface area contributed by atoms with Crippen molar-refractivity contribution in [1.29, 1.82) is 0 Å². The van der Waals surface area contributed by atoms with Crippen molar-refractivity contribution >= 4 is 5.91 Å². The number of likely N-dealkylation sites (tertiary alicyclic amines) is 1. The molecule has 0 aromatic carbocycles. The predicted octanol–water partition coefficient (Wildman–Crippen LogP) is 1.21. The van der Waals surface area contributed by atoms with Crippen LogP contribution in [-0.4, -0.2) is 42.5 Å². The largest absolute Gasteiger partial charge is 0.354 e. The van der Waals surface area contributed by atoms with E-state index in [1.165, 1.54) is 12.8 Å². The molecule has 1 aliphatic rings. The second-order valence-electron chi connectivity index (χ2n) is 5.96. The Morgan fingerprint density at radius 2 is 1.89 bits per heavy atom. The minimum atomic E-state index is -0.112. The molecule has 1 saturated heterocycles. The molecule has 0 aliphatic carbocycles. The quantitative estimate of drug-likeness (QED) is 0.776. The zero-order chi connectivity index (χ0) is 13.7. The summed E-state index contributed by atoms with van der Waals surface area (Å²) in [6, 6.07) is 0.331. The second-order valence-corrected chi connectivity index (χ2v) is 5.96. The van der Waals surface area contributed by atoms with Crippen molar-refractivity contribution in [2.75, 3.05) is 19.6 Å². The SMILES string of the molecule is CC1CCN(C(C)CNC(=O)C(C)C(C)N)CC1. The van der Waals surface area contributed by atoms with Crippen LogP contribution in [0.2, 0.25) is 0 Å². The van der Waals surface area contributed by atoms with Crippen LogP contribution in [0, 0.1) is 11.8 Å². The van der Waals surface area contributed by atoms with Crippen LogP contribution in [-0.2, 0) is 4.79 Å². The lowest BCUT2D eigenvalue weighted by atomic mass is 9.98. The van der Waals surface area contributed by atoms with Crippen molar-refractivity contribution in [3.63, 3.8) is 0 Å². The maximum Gasteiger partial charge on any atom is 0.224 e. The van der Waals surface area contributed by atoms with Crippen LogP contribution >= 0.6 is 0 Å². The van der Waals surface area contributed by atoms with Gasteiger partial charge in [-0.25, -0.2) is 0 Å². The van der Waals surface area contributed by atoms with Crippen molar-refractivity contribution in [2.45, 2.75) is 52.6 Å². The molecule has 3 unspecified atom stereocenters. The lowest BCUT2D eigenvalue weighted by Crippen LogP contribution is -2.47. The molecule has 1 rings (SSSR count). The Labute approximate surface area is 111 Å². The van der Waals surface area contributed by atoms with Gasteiger partial charge in [0.1, 0.15) is 0 Å². The van der Waals surface area contributed by atoms with Crippen LogP contribution in [0.25, 0.3) is 0 Å². The van der Waals surface area contributed by atoms with Crippen LogP contribution < -0.4 is 11.1 Å². The first-order valence-electron chi connectivity index (χ1n) is 7.19. The fraction of sp³-hybridized carbons (Fsp3) is 0.929. The van der Waals surface area contributed by atoms with Gasteiger partial charge in [-0.1, -0.05) is 13.8 Å². The molecule has 0 saturated carbocycles. The van der Waals surface area contributed by atoms with E-state index in [4.69, 9.17) is 5.73 Å². The average molecular weight is 255 g/mol. The number of nitrogens with two attached hydrogens (primary N) is 1. The Hall–Kier alpha value is -0.610. The van der Waals surface area contributed by atoms with Gasteiger partial charge in [0.15, 0.2) is 0 Å². The smallest absolute Gasteiger partial charge is 0.224 e. The number of hydrogen-bond donors (Lipinski definition) is 2. The molecule has 4 nitrogen and oxygen atoms in total. The highest BCUT2D eigenvalue weighted by molar-refractivity contribution is 5.78. The lowest BCUT2D eigenvalue weighted by molar-refractivity contribution is -0.125. The fourth-order valence-corrected chi connectivity index (χ4v) is 2.25. The number of rotatable bonds is 5. The van der Waals surface area contributed by atoms with Crippen molar-refractivity contribution in [3.8, 4) is 0 Å². The Bertz CT molecular complexity index is 260. The van der Waals surface area contributed by atoms with Gasteiger partial charge in [-0.05, 0) is 45.7 Å². The Morgan fingerprint density at radius 1 is 1.33 bits per heavy atom. The summed E-state index contributed by atoms with van der Waals surface area (Å²) in [5, 5.41) is 3.01. The van der Waals surface area contributed by atoms with E-state index in [0.717, 1.165) is 25.6 Å². The van der Waals surface area contributed by atoms with Gasteiger partial charge in [-0.3, -0.25) is 9.69 Å². The molecule has 1 heterocycles. The Balaban J connectivity index is 2.28. The topological polar surface area (TPSA) is 58.4 Å². The molecular formula is C14H29N3O. The standard InChI is InChI=1S/C14H29N3O/c1-10-5-7-17(8-6-10)11(2)9-16-14(18)12(3)13(4)15/h10-13H,5-9,15H2,1-4H3,(H,16,18). The normalized spacial score (nSPS) is 23.4. The minimum absolute atomic E-state index is 0.0715. The second kappa shape index (κ2) is 7.10. The molecule has 0 aromatic heterocycles. The first-order chi connectivity index (χ1) is 8.41. The number of carbonyl (C=O) groups excluding carboxylic acids is 1. The third-order valence-electron chi connectivity index (χ3n) is 4.22. The molecule has 1 fully saturated rings. The van der Waals surface area contributed by atoms with Gasteiger partial charge >= 0.3 is 0 Å². The first-order valence-corrected chi connectivity index (χ1v) is 7.19. The molecule has 18 heavy (non-hydrogen) atoms. The summed E-state index contributed by atoms with van der Waals surface area (Å²) in [5.41, 5.74) is 5.73. The van der Waals surface area contributed by atoms with E-state index >= 15 is 0 Å². The van der Waals surface area contributed by atoms with Gasteiger partial charge in [0.05, 0.1) is 0 Å².